The smallest absolute Gasteiger partial charge is 0.201 e. The molecule has 0 unspecified atom stereocenters. The Labute approximate surface area is 477 Å². The second-order valence-electron chi connectivity index (χ2n) is 24.0. The van der Waals surface area contributed by atoms with E-state index in [4.69, 9.17) is 16.4 Å². The molecule has 8 aromatic carbocycles. The van der Waals surface area contributed by atoms with E-state index in [1.807, 2.05) is 60.1 Å². The van der Waals surface area contributed by atoms with E-state index >= 15 is 0 Å². The van der Waals surface area contributed by atoms with Gasteiger partial charge < -0.3 is 0 Å². The first-order valence-corrected chi connectivity index (χ1v) is 27.0. The molecule has 0 atom stereocenters. The maximum Gasteiger partial charge on any atom is 0.213 e. The molecule has 0 fully saturated rings. The Bertz CT molecular complexity index is 4530. The minimum absolute atomic E-state index is 0.0935. The average Bonchev–Trinajstić information content (AvgIpc) is 0.714. The summed E-state index contributed by atoms with van der Waals surface area (Å²) < 4.78 is 103. The molecule has 0 radical (unpaired) electrons. The van der Waals surface area contributed by atoms with Crippen LogP contribution in [0.4, 0.5) is 0 Å². The minimum atomic E-state index is -2.58. The lowest BCUT2D eigenvalue weighted by Crippen LogP contribution is -2.44. The summed E-state index contributed by atoms with van der Waals surface area (Å²) >= 11 is 0. The van der Waals surface area contributed by atoms with Crippen LogP contribution in [-0.2, 0) is 35.8 Å². The van der Waals surface area contributed by atoms with Crippen LogP contribution in [0.1, 0.15) is 133 Å². The Morgan fingerprint density at radius 2 is 0.948 bits per heavy atom. The lowest BCUT2D eigenvalue weighted by molar-refractivity contribution is -0.667. The summed E-state index contributed by atoms with van der Waals surface area (Å²) in [5.41, 5.74) is 17.7. The van der Waals surface area contributed by atoms with Crippen molar-refractivity contribution in [2.45, 2.75) is 125 Å². The molecular formula is C75H78N2+2. The largest absolute Gasteiger partial charge is 0.213 e. The molecule has 0 spiro atoms. The van der Waals surface area contributed by atoms with Gasteiger partial charge in [-0.05, 0) is 192 Å². The molecule has 12 rings (SSSR count). The van der Waals surface area contributed by atoms with Crippen molar-refractivity contribution in [2.75, 3.05) is 0 Å². The van der Waals surface area contributed by atoms with Gasteiger partial charge in [0.15, 0.2) is 11.9 Å². The molecular weight excluding hydrogens is 929 g/mol. The molecule has 10 aromatic rings. The average molecular weight is 1020 g/mol. The Morgan fingerprint density at radius 3 is 1.61 bits per heavy atom. The topological polar surface area (TPSA) is 7.76 Å². The van der Waals surface area contributed by atoms with Crippen LogP contribution >= 0.6 is 0 Å². The zero-order valence-corrected chi connectivity index (χ0v) is 47.0. The Balaban J connectivity index is 0.000000189. The summed E-state index contributed by atoms with van der Waals surface area (Å²) in [5, 5.41) is 4.86. The third kappa shape index (κ3) is 7.87. The van der Waals surface area contributed by atoms with Crippen molar-refractivity contribution in [3.05, 3.63) is 225 Å². The maximum atomic E-state index is 8.53. The summed E-state index contributed by atoms with van der Waals surface area (Å²) in [6.45, 7) is 14.4. The summed E-state index contributed by atoms with van der Waals surface area (Å²) in [6.07, 6.45) is 1.65. The molecule has 2 heterocycles. The summed E-state index contributed by atoms with van der Waals surface area (Å²) in [5.74, 6) is 0. The van der Waals surface area contributed by atoms with Crippen LogP contribution in [0.3, 0.4) is 0 Å². The molecule has 0 amide bonds. The number of nitrogens with zero attached hydrogens (tertiary/aromatic N) is 2. The van der Waals surface area contributed by atoms with Crippen molar-refractivity contribution in [3.63, 3.8) is 0 Å². The van der Waals surface area contributed by atoms with Gasteiger partial charge in [0, 0.05) is 63.1 Å². The second kappa shape index (κ2) is 18.4. The van der Waals surface area contributed by atoms with Crippen LogP contribution in [-0.4, -0.2) is 0 Å². The fourth-order valence-electron chi connectivity index (χ4n) is 13.0. The highest BCUT2D eigenvalue weighted by atomic mass is 14.9. The Morgan fingerprint density at radius 1 is 0.377 bits per heavy atom. The van der Waals surface area contributed by atoms with Crippen LogP contribution in [0.5, 0.6) is 0 Å². The highest BCUT2D eigenvalue weighted by Gasteiger charge is 2.48. The number of pyridine rings is 2. The normalized spacial score (nSPS) is 18.2. The number of fused-ring (bicyclic) bond motifs is 9. The predicted molar refractivity (Wildman–Crippen MR) is 328 cm³/mol. The lowest BCUT2D eigenvalue weighted by Gasteiger charge is -2.49. The van der Waals surface area contributed by atoms with Gasteiger partial charge in [-0.15, -0.1) is 0 Å². The molecule has 2 heteroatoms. The van der Waals surface area contributed by atoms with Crippen molar-refractivity contribution in [1.82, 2.24) is 0 Å². The number of rotatable bonds is 4. The van der Waals surface area contributed by atoms with Gasteiger partial charge in [0.25, 0.3) is 0 Å². The number of hydrogen-bond donors (Lipinski definition) is 0. The highest BCUT2D eigenvalue weighted by Crippen LogP contribution is 2.58. The van der Waals surface area contributed by atoms with Gasteiger partial charge in [-0.25, -0.2) is 4.57 Å². The monoisotopic (exact) mass is 1020 g/mol. The van der Waals surface area contributed by atoms with Crippen LogP contribution < -0.4 is 9.13 Å². The van der Waals surface area contributed by atoms with Crippen LogP contribution in [0.2, 0.25) is 0 Å². The lowest BCUT2D eigenvalue weighted by atomic mass is 9.54. The standard InChI is InChI=1S/C43H42N.C32H36N/c1-27-24-32(30-14-10-9-11-15-30)19-20-33(27)37-25-39(44(8)26-28(37)2)34-22-23-38-40(29(34)3)36-21-18-31-16-12-13-17-35(31)41(36)43(6,7)42(38,4)5;1-19-16-29(33(9)22(4)20(19)2)25-14-15-27-30(21(25)3)26-17-23-12-10-11-13-24(23)18-28(26)32(7,8)31(27,5)6/h9-26H,1-8H3;10-18H,1-9H3/q2*+1/i1D3,2D3;2D3,4D3. The molecule has 0 bridgehead atoms. The predicted octanol–water partition coefficient (Wildman–Crippen LogP) is 18.6. The van der Waals surface area contributed by atoms with E-state index in [2.05, 4.69) is 166 Å². The maximum absolute atomic E-state index is 8.53. The third-order valence-corrected chi connectivity index (χ3v) is 19.0. The molecule has 0 N–H and O–H groups in total. The van der Waals surface area contributed by atoms with Gasteiger partial charge in [0.1, 0.15) is 14.1 Å². The minimum Gasteiger partial charge on any atom is -0.201 e. The van der Waals surface area contributed by atoms with Crippen LogP contribution in [0.15, 0.2) is 164 Å². The summed E-state index contributed by atoms with van der Waals surface area (Å²) in [7, 11) is 3.53. The Hall–Kier alpha value is -7.42. The first kappa shape index (κ1) is 39.0. The molecule has 2 nitrogen and oxygen atoms in total. The van der Waals surface area contributed by atoms with Crippen molar-refractivity contribution >= 4 is 21.5 Å². The zero-order valence-electron chi connectivity index (χ0n) is 59.0. The van der Waals surface area contributed by atoms with Gasteiger partial charge in [0.2, 0.25) is 11.4 Å². The van der Waals surface area contributed by atoms with Gasteiger partial charge in [0.05, 0.1) is 0 Å². The molecule has 0 aliphatic heterocycles. The van der Waals surface area contributed by atoms with E-state index in [-0.39, 0.29) is 44.0 Å². The fourth-order valence-corrected chi connectivity index (χ4v) is 13.0. The number of benzene rings is 8. The van der Waals surface area contributed by atoms with Crippen molar-refractivity contribution in [3.8, 4) is 67.0 Å². The number of hydrogen-bond acceptors (Lipinski definition) is 0. The molecule has 2 aliphatic rings. The molecule has 77 heavy (non-hydrogen) atoms. The zero-order chi connectivity index (χ0) is 64.8. The van der Waals surface area contributed by atoms with E-state index in [0.717, 1.165) is 39.1 Å². The number of aromatic nitrogens is 2. The van der Waals surface area contributed by atoms with Crippen LogP contribution in [0.25, 0.3) is 88.6 Å². The van der Waals surface area contributed by atoms with Gasteiger partial charge >= 0.3 is 0 Å². The summed E-state index contributed by atoms with van der Waals surface area (Å²) in [6, 6.07) is 53.4. The van der Waals surface area contributed by atoms with Gasteiger partial charge in [-0.3, -0.25) is 0 Å². The molecule has 0 saturated heterocycles. The van der Waals surface area contributed by atoms with Gasteiger partial charge in [-0.2, -0.15) is 4.57 Å². The Kier molecular flexibility index (Phi) is 9.31. The molecule has 386 valence electrons. The first-order chi connectivity index (χ1) is 41.3. The number of aryl methyl sites for hydroxylation is 4. The fraction of sp³-hybridized carbons (Fsp3) is 0.280. The molecule has 0 saturated carbocycles. The second-order valence-corrected chi connectivity index (χ2v) is 24.0. The van der Waals surface area contributed by atoms with Gasteiger partial charge in [-0.1, -0.05) is 177 Å². The van der Waals surface area contributed by atoms with Crippen molar-refractivity contribution in [1.29, 1.82) is 0 Å². The third-order valence-electron chi connectivity index (χ3n) is 19.0. The van der Waals surface area contributed by atoms with E-state index in [0.29, 0.717) is 22.4 Å². The molecule has 2 aliphatic carbocycles. The SMILES string of the molecule is [2H]C([2H])([2H])c1c(C)cc(-c2ccc3c(c2C)-c2cc4ccccc4cc2C(C)(C)C3(C)C)[n+](C)c1C([2H])([2H])[2H].[2H]C([2H])([2H])c1cc(-c2ccccc2)ccc1-c1cc(-c2ccc3c(c2C)-c2ccc4ccccc4c2C(C)(C)C3(C)C)[n+](C)cc1C([2H])([2H])[2H]. The summed E-state index contributed by atoms with van der Waals surface area (Å²) in [4.78, 5) is 0. The molecule has 2 aromatic heterocycles. The van der Waals surface area contributed by atoms with Crippen molar-refractivity contribution in [2.24, 2.45) is 14.1 Å². The first-order valence-electron chi connectivity index (χ1n) is 33.0. The van der Waals surface area contributed by atoms with E-state index in [1.165, 1.54) is 66.1 Å². The quantitative estimate of drug-likeness (QED) is 0.155. The van der Waals surface area contributed by atoms with Crippen molar-refractivity contribution < 1.29 is 25.6 Å². The van der Waals surface area contributed by atoms with E-state index in [9.17, 15) is 0 Å². The van der Waals surface area contributed by atoms with Crippen LogP contribution in [0, 0.1) is 48.2 Å². The van der Waals surface area contributed by atoms with E-state index in [1.54, 1.807) is 36.9 Å². The highest BCUT2D eigenvalue weighted by molar-refractivity contribution is 5.98. The van der Waals surface area contributed by atoms with E-state index < -0.39 is 27.4 Å².